The quantitative estimate of drug-likeness (QED) is 0.251. The Hall–Kier alpha value is -4.00. The molecule has 0 aliphatic carbocycles. The minimum atomic E-state index is -1.52. The molecule has 200 valence electrons. The molecule has 5 rings (SSSR count). The lowest BCUT2D eigenvalue weighted by molar-refractivity contribution is -0.0420. The number of aryl methyl sites for hydroxylation is 2. The maximum absolute atomic E-state index is 14.0. The molecule has 1 amide bonds. The van der Waals surface area contributed by atoms with Gasteiger partial charge in [0.1, 0.15) is 5.82 Å². The average Bonchev–Trinajstić information content (AvgIpc) is 2.94. The first-order valence-corrected chi connectivity index (χ1v) is 13.3. The number of fused-ring (bicyclic) bond motifs is 1. The molecule has 6 heteroatoms. The van der Waals surface area contributed by atoms with E-state index in [2.05, 4.69) is 22.3 Å². The van der Waals surface area contributed by atoms with Gasteiger partial charge >= 0.3 is 0 Å². The van der Waals surface area contributed by atoms with E-state index in [1.165, 1.54) is 6.07 Å². The first kappa shape index (κ1) is 26.6. The second-order valence-corrected chi connectivity index (χ2v) is 10.2. The Morgan fingerprint density at radius 3 is 2.51 bits per heavy atom. The van der Waals surface area contributed by atoms with Crippen LogP contribution < -0.4 is 10.2 Å². The van der Waals surface area contributed by atoms with Crippen molar-refractivity contribution in [1.29, 1.82) is 0 Å². The number of rotatable bonds is 7. The van der Waals surface area contributed by atoms with Gasteiger partial charge in [0.25, 0.3) is 5.91 Å². The second kappa shape index (κ2) is 11.4. The maximum atomic E-state index is 14.0. The largest absolute Gasteiger partial charge is 0.367 e. The summed E-state index contributed by atoms with van der Waals surface area (Å²) in [6.07, 6.45) is 0.383. The van der Waals surface area contributed by atoms with Crippen molar-refractivity contribution >= 4 is 11.6 Å². The number of hydrogen-bond donors (Lipinski definition) is 3. The molecule has 39 heavy (non-hydrogen) atoms. The first-order valence-electron chi connectivity index (χ1n) is 13.3. The highest BCUT2D eigenvalue weighted by Gasteiger charge is 2.20. The topological polar surface area (TPSA) is 72.8 Å². The van der Waals surface area contributed by atoms with Crippen LogP contribution in [0.1, 0.15) is 63.9 Å². The van der Waals surface area contributed by atoms with Gasteiger partial charge in [-0.3, -0.25) is 4.79 Å². The highest BCUT2D eigenvalue weighted by molar-refractivity contribution is 5.95. The summed E-state index contributed by atoms with van der Waals surface area (Å²) in [5, 5.41) is 22.4. The zero-order chi connectivity index (χ0) is 27.5. The van der Waals surface area contributed by atoms with E-state index in [1.54, 1.807) is 25.1 Å². The lowest BCUT2D eigenvalue weighted by Crippen LogP contribution is -2.30. The molecule has 4 aromatic carbocycles. The third-order valence-corrected chi connectivity index (χ3v) is 7.48. The summed E-state index contributed by atoms with van der Waals surface area (Å²) in [6, 6.07) is 26.0. The van der Waals surface area contributed by atoms with Crippen LogP contribution in [0.3, 0.4) is 0 Å². The third-order valence-electron chi connectivity index (χ3n) is 7.48. The molecule has 4 aromatic rings. The lowest BCUT2D eigenvalue weighted by Gasteiger charge is -2.32. The number of nitrogens with one attached hydrogen (secondary N) is 1. The van der Waals surface area contributed by atoms with Crippen LogP contribution in [-0.4, -0.2) is 22.7 Å². The summed E-state index contributed by atoms with van der Waals surface area (Å²) in [4.78, 5) is 15.3. The third kappa shape index (κ3) is 5.87. The standard InChI is InChI=1S/C33H33FN2O3/c1-21-9-12-25(19-30(21)34)22(2)35-32(37)27-15-16-31-26(18-27)6-5-17-36(31)20-23-10-13-24(14-11-23)28-7-3-4-8-29(28)33(38)39/h3-4,7-16,18-19,22,33,38-39H,5-6,17,20H2,1-2H3,(H,35,37). The van der Waals surface area contributed by atoms with Crippen LogP contribution in [0.5, 0.6) is 0 Å². The van der Waals surface area contributed by atoms with Crippen LogP contribution in [0, 0.1) is 12.7 Å². The smallest absolute Gasteiger partial charge is 0.251 e. The number of nitrogens with zero attached hydrogens (tertiary/aromatic N) is 1. The number of benzene rings is 4. The van der Waals surface area contributed by atoms with E-state index in [0.717, 1.165) is 59.4 Å². The molecular formula is C33H33FN2O3. The van der Waals surface area contributed by atoms with Crippen LogP contribution >= 0.6 is 0 Å². The Labute approximate surface area is 228 Å². The van der Waals surface area contributed by atoms with Gasteiger partial charge in [-0.1, -0.05) is 60.7 Å². The molecule has 1 atom stereocenters. The van der Waals surface area contributed by atoms with E-state index in [1.807, 2.05) is 55.5 Å². The van der Waals surface area contributed by atoms with Crippen molar-refractivity contribution in [2.75, 3.05) is 11.4 Å². The predicted molar refractivity (Wildman–Crippen MR) is 152 cm³/mol. The molecule has 5 nitrogen and oxygen atoms in total. The fourth-order valence-corrected chi connectivity index (χ4v) is 5.22. The number of carbonyl (C=O) groups excluding carboxylic acids is 1. The van der Waals surface area contributed by atoms with Crippen molar-refractivity contribution in [2.45, 2.75) is 45.6 Å². The van der Waals surface area contributed by atoms with Crippen molar-refractivity contribution in [2.24, 2.45) is 0 Å². The molecule has 0 fully saturated rings. The van der Waals surface area contributed by atoms with Crippen molar-refractivity contribution in [3.63, 3.8) is 0 Å². The van der Waals surface area contributed by atoms with Crippen molar-refractivity contribution < 1.29 is 19.4 Å². The average molecular weight is 525 g/mol. The summed E-state index contributed by atoms with van der Waals surface area (Å²) in [6.45, 7) is 5.24. The van der Waals surface area contributed by atoms with Crippen molar-refractivity contribution in [1.82, 2.24) is 5.32 Å². The normalized spacial score (nSPS) is 13.7. The number of hydrogen-bond acceptors (Lipinski definition) is 4. The van der Waals surface area contributed by atoms with Gasteiger partial charge in [-0.15, -0.1) is 0 Å². The number of carbonyl (C=O) groups is 1. The molecule has 1 unspecified atom stereocenters. The Morgan fingerprint density at radius 1 is 1.00 bits per heavy atom. The molecule has 0 saturated heterocycles. The first-order chi connectivity index (χ1) is 18.8. The van der Waals surface area contributed by atoms with E-state index >= 15 is 0 Å². The predicted octanol–water partition coefficient (Wildman–Crippen LogP) is 6.23. The number of aliphatic hydroxyl groups is 2. The SMILES string of the molecule is Cc1ccc(C(C)NC(=O)c2ccc3c(c2)CCCN3Cc2ccc(-c3ccccc3C(O)O)cc2)cc1F. The van der Waals surface area contributed by atoms with Crippen molar-refractivity contribution in [3.05, 3.63) is 124 Å². The minimum absolute atomic E-state index is 0.174. The van der Waals surface area contributed by atoms with Crippen LogP contribution in [0.25, 0.3) is 11.1 Å². The highest BCUT2D eigenvalue weighted by atomic mass is 19.1. The highest BCUT2D eigenvalue weighted by Crippen LogP contribution is 2.31. The molecule has 0 radical (unpaired) electrons. The van der Waals surface area contributed by atoms with E-state index in [9.17, 15) is 19.4 Å². The second-order valence-electron chi connectivity index (χ2n) is 10.2. The van der Waals surface area contributed by atoms with Gasteiger partial charge in [0.2, 0.25) is 0 Å². The molecule has 0 bridgehead atoms. The molecular weight excluding hydrogens is 491 g/mol. The molecule has 3 N–H and O–H groups in total. The maximum Gasteiger partial charge on any atom is 0.251 e. The Balaban J connectivity index is 1.28. The minimum Gasteiger partial charge on any atom is -0.367 e. The van der Waals surface area contributed by atoms with Gasteiger partial charge in [0.05, 0.1) is 6.04 Å². The van der Waals surface area contributed by atoms with Crippen LogP contribution in [0.4, 0.5) is 10.1 Å². The molecule has 0 aromatic heterocycles. The van der Waals surface area contributed by atoms with Crippen molar-refractivity contribution in [3.8, 4) is 11.1 Å². The fraction of sp³-hybridized carbons (Fsp3) is 0.242. The van der Waals surface area contributed by atoms with Crippen LogP contribution in [0.15, 0.2) is 84.9 Å². The van der Waals surface area contributed by atoms with E-state index in [4.69, 9.17) is 0 Å². The number of anilines is 1. The summed E-state index contributed by atoms with van der Waals surface area (Å²) in [5.41, 5.74) is 7.55. The van der Waals surface area contributed by atoms with E-state index in [-0.39, 0.29) is 17.8 Å². The lowest BCUT2D eigenvalue weighted by atomic mass is 9.96. The van der Waals surface area contributed by atoms with Crippen LogP contribution in [0.2, 0.25) is 0 Å². The number of halogens is 1. The van der Waals surface area contributed by atoms with Gasteiger partial charge in [-0.2, -0.15) is 0 Å². The van der Waals surface area contributed by atoms with Gasteiger partial charge in [0, 0.05) is 29.9 Å². The van der Waals surface area contributed by atoms with Crippen LogP contribution in [-0.2, 0) is 13.0 Å². The molecule has 1 heterocycles. The van der Waals surface area contributed by atoms with E-state index < -0.39 is 6.29 Å². The Morgan fingerprint density at radius 2 is 1.77 bits per heavy atom. The fourth-order valence-electron chi connectivity index (χ4n) is 5.22. The Bertz CT molecular complexity index is 1480. The monoisotopic (exact) mass is 524 g/mol. The zero-order valence-corrected chi connectivity index (χ0v) is 22.2. The summed E-state index contributed by atoms with van der Waals surface area (Å²) >= 11 is 0. The summed E-state index contributed by atoms with van der Waals surface area (Å²) in [5.74, 6) is -0.446. The van der Waals surface area contributed by atoms with Gasteiger partial charge in [-0.05, 0) is 84.3 Å². The molecule has 0 saturated carbocycles. The van der Waals surface area contributed by atoms with Gasteiger partial charge in [0.15, 0.2) is 6.29 Å². The van der Waals surface area contributed by atoms with Gasteiger partial charge in [-0.25, -0.2) is 4.39 Å². The number of aliphatic hydroxyl groups excluding tert-OH is 1. The zero-order valence-electron chi connectivity index (χ0n) is 22.2. The molecule has 1 aliphatic rings. The summed E-state index contributed by atoms with van der Waals surface area (Å²) in [7, 11) is 0. The number of amides is 1. The van der Waals surface area contributed by atoms with Gasteiger partial charge < -0.3 is 20.4 Å². The Kier molecular flexibility index (Phi) is 7.77. The summed E-state index contributed by atoms with van der Waals surface area (Å²) < 4.78 is 14.0. The molecule has 0 spiro atoms. The molecule has 1 aliphatic heterocycles. The van der Waals surface area contributed by atoms with E-state index in [0.29, 0.717) is 16.7 Å².